The lowest BCUT2D eigenvalue weighted by Gasteiger charge is -2.08. The number of para-hydroxylation sites is 1. The second-order valence-electron chi connectivity index (χ2n) is 7.87. The van der Waals surface area contributed by atoms with Gasteiger partial charge in [-0.15, -0.1) is 0 Å². The summed E-state index contributed by atoms with van der Waals surface area (Å²) < 4.78 is 14.8. The Morgan fingerprint density at radius 3 is 2.48 bits per heavy atom. The summed E-state index contributed by atoms with van der Waals surface area (Å²) in [5.41, 5.74) is 6.21. The van der Waals surface area contributed by atoms with Crippen molar-refractivity contribution in [3.8, 4) is 0 Å². The minimum Gasteiger partial charge on any atom is -0.456 e. The van der Waals surface area contributed by atoms with Gasteiger partial charge in [-0.25, -0.2) is 4.98 Å². The van der Waals surface area contributed by atoms with Crippen molar-refractivity contribution in [2.24, 2.45) is 0 Å². The number of imidazole rings is 1. The lowest BCUT2D eigenvalue weighted by molar-refractivity contribution is 0.663. The molecule has 0 saturated carbocycles. The largest absolute Gasteiger partial charge is 0.456 e. The molecule has 0 spiro atoms. The van der Waals surface area contributed by atoms with E-state index in [1.54, 1.807) is 0 Å². The number of benzene rings is 3. The molecule has 5 heterocycles. The molecule has 0 radical (unpaired) electrons. The van der Waals surface area contributed by atoms with Gasteiger partial charge >= 0.3 is 0 Å². The van der Waals surface area contributed by atoms with Gasteiger partial charge in [0.25, 0.3) is 0 Å². The van der Waals surface area contributed by atoms with Crippen LogP contribution >= 0.6 is 0 Å². The topological polar surface area (TPSA) is 56.5 Å². The van der Waals surface area contributed by atoms with Crippen LogP contribution in [0.3, 0.4) is 0 Å². The quantitative estimate of drug-likeness (QED) is 0.262. The van der Waals surface area contributed by atoms with E-state index in [0.717, 1.165) is 71.3 Å². The van der Waals surface area contributed by atoms with Crippen LogP contribution in [0.2, 0.25) is 0 Å². The summed E-state index contributed by atoms with van der Waals surface area (Å²) in [6.07, 6.45) is 5.66. The van der Waals surface area contributed by atoms with Gasteiger partial charge in [-0.1, -0.05) is 18.2 Å². The highest BCUT2D eigenvalue weighted by Crippen LogP contribution is 2.43. The van der Waals surface area contributed by atoms with Gasteiger partial charge in [-0.3, -0.25) is 9.38 Å². The Kier molecular flexibility index (Phi) is 2.60. The van der Waals surface area contributed by atoms with Gasteiger partial charge in [0.05, 0.1) is 16.4 Å². The Hall–Kier alpha value is -4.38. The average molecular weight is 399 g/mol. The van der Waals surface area contributed by atoms with Gasteiger partial charge in [-0.2, -0.15) is 0 Å². The van der Waals surface area contributed by atoms with Crippen LogP contribution in [-0.4, -0.2) is 14.4 Å². The Bertz CT molecular complexity index is 2010. The first-order valence-electron chi connectivity index (χ1n) is 10.2. The van der Waals surface area contributed by atoms with Crippen LogP contribution in [-0.2, 0) is 0 Å². The van der Waals surface area contributed by atoms with E-state index in [1.165, 1.54) is 0 Å². The normalized spacial score (nSPS) is 12.5. The molecule has 3 aromatic carbocycles. The minimum atomic E-state index is 0.809. The number of nitrogens with zero attached hydrogens (tertiary/aromatic N) is 3. The highest BCUT2D eigenvalue weighted by Gasteiger charge is 2.21. The Labute approximate surface area is 174 Å². The predicted molar refractivity (Wildman–Crippen MR) is 123 cm³/mol. The third kappa shape index (κ3) is 1.78. The molecule has 5 nitrogen and oxygen atoms in total. The molecule has 0 amide bonds. The maximum atomic E-state index is 6.37. The molecule has 0 aliphatic heterocycles. The number of aromatic nitrogens is 3. The van der Waals surface area contributed by atoms with Gasteiger partial charge in [0.2, 0.25) is 0 Å². The SMILES string of the molecule is c1ccc2c(c1)oc1c2ccc2oc3ccc4c(c5ncccc5c5nccn45)c3c21. The standard InChI is InChI=1S/C26H13N3O2/c1-2-6-18-14(4-1)15-7-9-20-23(25(15)31-18)22-19(30-20)10-8-17-21(22)24-16(5-3-11-27-24)26-28-12-13-29(17)26/h1-13H. The van der Waals surface area contributed by atoms with E-state index < -0.39 is 0 Å². The first-order valence-corrected chi connectivity index (χ1v) is 10.2. The zero-order chi connectivity index (χ0) is 20.1. The van der Waals surface area contributed by atoms with Crippen molar-refractivity contribution in [1.29, 1.82) is 0 Å². The van der Waals surface area contributed by atoms with E-state index in [1.807, 2.05) is 55.0 Å². The summed E-state index contributed by atoms with van der Waals surface area (Å²) in [6, 6.07) is 20.4. The van der Waals surface area contributed by atoms with E-state index in [2.05, 4.69) is 33.7 Å². The molecule has 0 aliphatic rings. The van der Waals surface area contributed by atoms with Crippen molar-refractivity contribution in [1.82, 2.24) is 14.4 Å². The summed E-state index contributed by atoms with van der Waals surface area (Å²) >= 11 is 0. The van der Waals surface area contributed by atoms with Gasteiger partial charge in [-0.05, 0) is 42.5 Å². The summed E-state index contributed by atoms with van der Waals surface area (Å²) in [7, 11) is 0. The highest BCUT2D eigenvalue weighted by atomic mass is 16.3. The molecular weight excluding hydrogens is 386 g/mol. The van der Waals surface area contributed by atoms with Crippen LogP contribution < -0.4 is 0 Å². The third-order valence-corrected chi connectivity index (χ3v) is 6.31. The van der Waals surface area contributed by atoms with Crippen LogP contribution in [0.25, 0.3) is 71.3 Å². The van der Waals surface area contributed by atoms with Gasteiger partial charge in [0.1, 0.15) is 28.0 Å². The van der Waals surface area contributed by atoms with E-state index in [-0.39, 0.29) is 0 Å². The molecular formula is C26H13N3O2. The van der Waals surface area contributed by atoms with Gasteiger partial charge in [0.15, 0.2) is 0 Å². The van der Waals surface area contributed by atoms with Crippen molar-refractivity contribution < 1.29 is 8.83 Å². The summed E-state index contributed by atoms with van der Waals surface area (Å²) in [4.78, 5) is 9.36. The number of pyridine rings is 2. The Balaban J connectivity index is 1.75. The van der Waals surface area contributed by atoms with Gasteiger partial charge in [0, 0.05) is 45.5 Å². The lowest BCUT2D eigenvalue weighted by Crippen LogP contribution is -1.92. The number of furan rings is 2. The zero-order valence-electron chi connectivity index (χ0n) is 16.2. The summed E-state index contributed by atoms with van der Waals surface area (Å²) in [5.74, 6) is 0. The fraction of sp³-hybridized carbons (Fsp3) is 0. The molecule has 144 valence electrons. The van der Waals surface area contributed by atoms with E-state index in [4.69, 9.17) is 13.8 Å². The first kappa shape index (κ1) is 15.5. The predicted octanol–water partition coefficient (Wildman–Crippen LogP) is 6.83. The molecule has 5 heteroatoms. The number of hydrogen-bond acceptors (Lipinski definition) is 4. The molecule has 0 bridgehead atoms. The Morgan fingerprint density at radius 1 is 0.613 bits per heavy atom. The van der Waals surface area contributed by atoms with Crippen LogP contribution in [0.4, 0.5) is 0 Å². The van der Waals surface area contributed by atoms with E-state index in [0.29, 0.717) is 0 Å². The second-order valence-corrected chi connectivity index (χ2v) is 7.87. The number of fused-ring (bicyclic) bond motifs is 14. The molecule has 8 rings (SSSR count). The minimum absolute atomic E-state index is 0.809. The maximum Gasteiger partial charge on any atom is 0.147 e. The fourth-order valence-corrected chi connectivity index (χ4v) is 5.04. The second kappa shape index (κ2) is 5.21. The number of hydrogen-bond donors (Lipinski definition) is 0. The molecule has 0 saturated heterocycles. The van der Waals surface area contributed by atoms with E-state index in [9.17, 15) is 0 Å². The van der Waals surface area contributed by atoms with Crippen LogP contribution in [0, 0.1) is 0 Å². The molecule has 0 fully saturated rings. The molecule has 31 heavy (non-hydrogen) atoms. The third-order valence-electron chi connectivity index (χ3n) is 6.31. The first-order chi connectivity index (χ1) is 15.4. The summed E-state index contributed by atoms with van der Waals surface area (Å²) in [5, 5.41) is 6.26. The molecule has 0 N–H and O–H groups in total. The zero-order valence-corrected chi connectivity index (χ0v) is 16.2. The molecule has 0 unspecified atom stereocenters. The number of rotatable bonds is 0. The monoisotopic (exact) mass is 399 g/mol. The van der Waals surface area contributed by atoms with Crippen molar-refractivity contribution in [3.05, 3.63) is 79.3 Å². The molecule has 5 aromatic heterocycles. The molecule has 8 aromatic rings. The Morgan fingerprint density at radius 2 is 1.48 bits per heavy atom. The lowest BCUT2D eigenvalue weighted by atomic mass is 10.0. The van der Waals surface area contributed by atoms with Crippen molar-refractivity contribution in [2.45, 2.75) is 0 Å². The van der Waals surface area contributed by atoms with Crippen molar-refractivity contribution in [3.63, 3.8) is 0 Å². The molecule has 0 aliphatic carbocycles. The van der Waals surface area contributed by atoms with Crippen molar-refractivity contribution in [2.75, 3.05) is 0 Å². The van der Waals surface area contributed by atoms with Crippen LogP contribution in [0.15, 0.2) is 88.1 Å². The average Bonchev–Trinajstić information content (AvgIpc) is 3.53. The summed E-state index contributed by atoms with van der Waals surface area (Å²) in [6.45, 7) is 0. The highest BCUT2D eigenvalue weighted by molar-refractivity contribution is 6.31. The smallest absolute Gasteiger partial charge is 0.147 e. The maximum absolute atomic E-state index is 6.37. The molecule has 0 atom stereocenters. The van der Waals surface area contributed by atoms with Crippen LogP contribution in [0.1, 0.15) is 0 Å². The van der Waals surface area contributed by atoms with Crippen molar-refractivity contribution >= 4 is 71.3 Å². The fourth-order valence-electron chi connectivity index (χ4n) is 5.04. The van der Waals surface area contributed by atoms with Gasteiger partial charge < -0.3 is 8.83 Å². The van der Waals surface area contributed by atoms with Crippen LogP contribution in [0.5, 0.6) is 0 Å². The van der Waals surface area contributed by atoms with E-state index >= 15 is 0 Å².